The van der Waals surface area contributed by atoms with E-state index < -0.39 is 12.0 Å². The molecule has 0 saturated carbocycles. The second kappa shape index (κ2) is 8.90. The van der Waals surface area contributed by atoms with E-state index in [0.29, 0.717) is 12.2 Å². The zero-order chi connectivity index (χ0) is 13.3. The summed E-state index contributed by atoms with van der Waals surface area (Å²) < 4.78 is 4.50. The Balaban J connectivity index is 3.78. The number of nitrogens with two attached hydrogens (primary N) is 1. The van der Waals surface area contributed by atoms with Gasteiger partial charge < -0.3 is 15.8 Å². The van der Waals surface area contributed by atoms with Crippen LogP contribution in [0.3, 0.4) is 0 Å². The first-order valence-corrected chi connectivity index (χ1v) is 6.24. The van der Waals surface area contributed by atoms with E-state index in [1.54, 1.807) is 6.92 Å². The Morgan fingerprint density at radius 1 is 1.59 bits per heavy atom. The number of esters is 1. The fraction of sp³-hybridized carbons (Fsp3) is 0.636. The van der Waals surface area contributed by atoms with Gasteiger partial charge >= 0.3 is 5.97 Å². The van der Waals surface area contributed by atoms with Crippen molar-refractivity contribution in [3.05, 3.63) is 0 Å². The molecule has 6 heteroatoms. The van der Waals surface area contributed by atoms with Crippen molar-refractivity contribution in [2.24, 2.45) is 5.73 Å². The normalized spacial score (nSPS) is 13.3. The first kappa shape index (κ1) is 15.8. The number of carbonyl (C=O) groups excluding carboxylic acids is 2. The Morgan fingerprint density at radius 2 is 2.24 bits per heavy atom. The van der Waals surface area contributed by atoms with Gasteiger partial charge in [0.05, 0.1) is 18.9 Å². The number of nitrogens with one attached hydrogen (secondary N) is 1. The summed E-state index contributed by atoms with van der Waals surface area (Å²) >= 11 is 1.42. The summed E-state index contributed by atoms with van der Waals surface area (Å²) in [5.74, 6) is 2.39. The van der Waals surface area contributed by atoms with Gasteiger partial charge in [-0.05, 0) is 19.1 Å². The fourth-order valence-corrected chi connectivity index (χ4v) is 1.98. The van der Waals surface area contributed by atoms with E-state index in [9.17, 15) is 9.59 Å². The SMILES string of the molecule is C#CCNC(=O)C(C)SCCC(N)C(=O)OC. The van der Waals surface area contributed by atoms with Gasteiger partial charge in [0.25, 0.3) is 0 Å². The molecule has 3 N–H and O–H groups in total. The highest BCUT2D eigenvalue weighted by Gasteiger charge is 2.16. The maximum Gasteiger partial charge on any atom is 0.322 e. The van der Waals surface area contributed by atoms with Crippen molar-refractivity contribution in [1.29, 1.82) is 0 Å². The second-order valence-corrected chi connectivity index (χ2v) is 4.80. The summed E-state index contributed by atoms with van der Waals surface area (Å²) in [5.41, 5.74) is 5.56. The van der Waals surface area contributed by atoms with Gasteiger partial charge in [-0.3, -0.25) is 9.59 Å². The van der Waals surface area contributed by atoms with Gasteiger partial charge in [0, 0.05) is 0 Å². The highest BCUT2D eigenvalue weighted by atomic mass is 32.2. The molecule has 2 unspecified atom stereocenters. The van der Waals surface area contributed by atoms with Crippen LogP contribution in [0.25, 0.3) is 0 Å². The highest BCUT2D eigenvalue weighted by molar-refractivity contribution is 8.00. The minimum atomic E-state index is -0.631. The van der Waals surface area contributed by atoms with E-state index in [-0.39, 0.29) is 17.7 Å². The smallest absolute Gasteiger partial charge is 0.322 e. The molecule has 0 spiro atoms. The van der Waals surface area contributed by atoms with E-state index in [2.05, 4.69) is 16.0 Å². The van der Waals surface area contributed by atoms with Crippen molar-refractivity contribution >= 4 is 23.6 Å². The number of hydrogen-bond acceptors (Lipinski definition) is 5. The monoisotopic (exact) mass is 258 g/mol. The van der Waals surface area contributed by atoms with Crippen LogP contribution in [0, 0.1) is 12.3 Å². The van der Waals surface area contributed by atoms with Crippen LogP contribution < -0.4 is 11.1 Å². The zero-order valence-electron chi connectivity index (χ0n) is 10.1. The van der Waals surface area contributed by atoms with Gasteiger partial charge in [0.1, 0.15) is 6.04 Å². The lowest BCUT2D eigenvalue weighted by molar-refractivity contribution is -0.142. The molecule has 0 aromatic carbocycles. The Labute approximate surface area is 106 Å². The number of rotatable bonds is 7. The van der Waals surface area contributed by atoms with E-state index >= 15 is 0 Å². The van der Waals surface area contributed by atoms with Crippen LogP contribution in [0.1, 0.15) is 13.3 Å². The zero-order valence-corrected chi connectivity index (χ0v) is 10.9. The highest BCUT2D eigenvalue weighted by Crippen LogP contribution is 2.12. The van der Waals surface area contributed by atoms with E-state index in [0.717, 1.165) is 0 Å². The number of ether oxygens (including phenoxy) is 1. The number of thioether (sulfide) groups is 1. The standard InChI is InChI=1S/C11H18N2O3S/c1-4-6-13-10(14)8(2)17-7-5-9(12)11(15)16-3/h1,8-9H,5-7,12H2,2-3H3,(H,13,14). The third kappa shape index (κ3) is 6.87. The van der Waals surface area contributed by atoms with Crippen LogP contribution in [0.5, 0.6) is 0 Å². The lowest BCUT2D eigenvalue weighted by Gasteiger charge is -2.12. The van der Waals surface area contributed by atoms with Gasteiger partial charge in [-0.2, -0.15) is 0 Å². The molecule has 0 aromatic heterocycles. The largest absolute Gasteiger partial charge is 0.468 e. The number of methoxy groups -OCH3 is 1. The molecule has 0 aliphatic heterocycles. The molecule has 0 rings (SSSR count). The lowest BCUT2D eigenvalue weighted by atomic mass is 10.2. The second-order valence-electron chi connectivity index (χ2n) is 3.35. The first-order valence-electron chi connectivity index (χ1n) is 5.19. The van der Waals surface area contributed by atoms with Crippen molar-refractivity contribution in [2.45, 2.75) is 24.6 Å². The molecule has 0 bridgehead atoms. The Hall–Kier alpha value is -1.19. The quantitative estimate of drug-likeness (QED) is 0.486. The van der Waals surface area contributed by atoms with Gasteiger partial charge in [-0.1, -0.05) is 5.92 Å². The van der Waals surface area contributed by atoms with Crippen molar-refractivity contribution < 1.29 is 14.3 Å². The summed E-state index contributed by atoms with van der Waals surface area (Å²) in [5, 5.41) is 2.37. The van der Waals surface area contributed by atoms with Crippen molar-refractivity contribution in [2.75, 3.05) is 19.4 Å². The first-order chi connectivity index (χ1) is 8.02. The molecular formula is C11H18N2O3S. The third-order valence-corrected chi connectivity index (χ3v) is 3.22. The molecule has 5 nitrogen and oxygen atoms in total. The summed E-state index contributed by atoms with van der Waals surface area (Å²) in [6.45, 7) is 2.01. The van der Waals surface area contributed by atoms with Crippen LogP contribution in [-0.2, 0) is 14.3 Å². The number of terminal acetylenes is 1. The van der Waals surface area contributed by atoms with Crippen molar-refractivity contribution in [1.82, 2.24) is 5.32 Å². The van der Waals surface area contributed by atoms with Crippen LogP contribution in [-0.4, -0.2) is 42.6 Å². The van der Waals surface area contributed by atoms with Gasteiger partial charge in [0.15, 0.2) is 0 Å². The van der Waals surface area contributed by atoms with Crippen LogP contribution in [0.4, 0.5) is 0 Å². The van der Waals surface area contributed by atoms with Crippen molar-refractivity contribution in [3.8, 4) is 12.3 Å². The van der Waals surface area contributed by atoms with Crippen LogP contribution in [0.15, 0.2) is 0 Å². The third-order valence-electron chi connectivity index (χ3n) is 2.03. The molecule has 0 aliphatic carbocycles. The molecule has 0 radical (unpaired) electrons. The minimum Gasteiger partial charge on any atom is -0.468 e. The number of hydrogen-bond donors (Lipinski definition) is 2. The average Bonchev–Trinajstić information content (AvgIpc) is 2.34. The molecule has 0 aliphatic rings. The summed E-state index contributed by atoms with van der Waals surface area (Å²) in [4.78, 5) is 22.4. The number of carbonyl (C=O) groups is 2. The van der Waals surface area contributed by atoms with E-state index in [1.807, 2.05) is 0 Å². The Bertz CT molecular complexity index is 302. The Kier molecular flexibility index (Phi) is 8.28. The topological polar surface area (TPSA) is 81.4 Å². The molecule has 0 saturated heterocycles. The average molecular weight is 258 g/mol. The van der Waals surface area contributed by atoms with Gasteiger partial charge in [-0.25, -0.2) is 0 Å². The summed E-state index contributed by atoms with van der Waals surface area (Å²) in [7, 11) is 1.30. The molecule has 0 fully saturated rings. The summed E-state index contributed by atoms with van der Waals surface area (Å²) in [6, 6.07) is -0.631. The van der Waals surface area contributed by atoms with Gasteiger partial charge in [-0.15, -0.1) is 18.2 Å². The predicted molar refractivity (Wildman–Crippen MR) is 68.4 cm³/mol. The Morgan fingerprint density at radius 3 is 2.76 bits per heavy atom. The van der Waals surface area contributed by atoms with Crippen molar-refractivity contribution in [3.63, 3.8) is 0 Å². The van der Waals surface area contributed by atoms with E-state index in [4.69, 9.17) is 12.2 Å². The molecule has 17 heavy (non-hydrogen) atoms. The van der Waals surface area contributed by atoms with Crippen LogP contribution >= 0.6 is 11.8 Å². The molecule has 0 heterocycles. The predicted octanol–water partition coefficient (Wildman–Crippen LogP) is -0.252. The molecular weight excluding hydrogens is 240 g/mol. The molecule has 1 amide bonds. The maximum atomic E-state index is 11.4. The van der Waals surface area contributed by atoms with E-state index in [1.165, 1.54) is 18.9 Å². The summed E-state index contributed by atoms with van der Waals surface area (Å²) in [6.07, 6.45) is 5.50. The molecule has 96 valence electrons. The molecule has 2 atom stereocenters. The maximum absolute atomic E-state index is 11.4. The minimum absolute atomic E-state index is 0.111. The molecule has 0 aromatic rings. The fourth-order valence-electron chi connectivity index (χ4n) is 0.999. The number of amides is 1. The van der Waals surface area contributed by atoms with Gasteiger partial charge in [0.2, 0.25) is 5.91 Å². The lowest BCUT2D eigenvalue weighted by Crippen LogP contribution is -2.33. The van der Waals surface area contributed by atoms with Crippen LogP contribution in [0.2, 0.25) is 0 Å².